The van der Waals surface area contributed by atoms with E-state index in [1.54, 1.807) is 11.4 Å². The number of benzene rings is 2. The molecule has 1 unspecified atom stereocenters. The van der Waals surface area contributed by atoms with Gasteiger partial charge in [0, 0.05) is 26.2 Å². The maximum atomic E-state index is 13.3. The first kappa shape index (κ1) is 24.1. The summed E-state index contributed by atoms with van der Waals surface area (Å²) >= 11 is 1.08. The number of rotatable bonds is 8. The number of thiophene rings is 1. The van der Waals surface area contributed by atoms with E-state index in [0.717, 1.165) is 32.3 Å². The summed E-state index contributed by atoms with van der Waals surface area (Å²) in [6, 6.07) is 19.8. The second-order valence-electron chi connectivity index (χ2n) is 7.91. The van der Waals surface area contributed by atoms with E-state index in [9.17, 15) is 18.0 Å². The van der Waals surface area contributed by atoms with Crippen LogP contribution in [0.4, 0.5) is 0 Å². The van der Waals surface area contributed by atoms with Crippen LogP contribution in [-0.4, -0.2) is 48.7 Å². The van der Waals surface area contributed by atoms with Crippen LogP contribution in [0.15, 0.2) is 76.3 Å². The summed E-state index contributed by atoms with van der Waals surface area (Å²) in [4.78, 5) is 27.8. The Labute approximate surface area is 203 Å². The van der Waals surface area contributed by atoms with Crippen LogP contribution in [0.3, 0.4) is 0 Å². The summed E-state index contributed by atoms with van der Waals surface area (Å²) in [6.45, 7) is 0.744. The van der Waals surface area contributed by atoms with Gasteiger partial charge in [-0.3, -0.25) is 9.59 Å². The topological polar surface area (TPSA) is 113 Å². The lowest BCUT2D eigenvalue weighted by atomic mass is 10.1. The molecule has 1 aliphatic rings. The lowest BCUT2D eigenvalue weighted by Gasteiger charge is -2.28. The summed E-state index contributed by atoms with van der Waals surface area (Å²) in [5.74, 6) is -0.849. The third kappa shape index (κ3) is 5.20. The fraction of sp³-hybridized carbons (Fsp3) is 0.250. The minimum atomic E-state index is -3.94. The Morgan fingerprint density at radius 3 is 2.41 bits per heavy atom. The Morgan fingerprint density at radius 2 is 1.71 bits per heavy atom. The summed E-state index contributed by atoms with van der Waals surface area (Å²) in [5, 5.41) is 4.48. The molecule has 8 nitrogen and oxygen atoms in total. The van der Waals surface area contributed by atoms with Crippen LogP contribution in [0, 0.1) is 0 Å². The van der Waals surface area contributed by atoms with Gasteiger partial charge in [-0.25, -0.2) is 8.42 Å². The van der Waals surface area contributed by atoms with E-state index >= 15 is 0 Å². The summed E-state index contributed by atoms with van der Waals surface area (Å²) in [5.41, 5.74) is 8.26. The number of hydrogen-bond donors (Lipinski definition) is 2. The van der Waals surface area contributed by atoms with E-state index in [1.165, 1.54) is 11.0 Å². The van der Waals surface area contributed by atoms with Crippen molar-refractivity contribution in [2.45, 2.75) is 29.9 Å². The lowest BCUT2D eigenvalue weighted by molar-refractivity contribution is -0.140. The molecule has 0 saturated carbocycles. The fourth-order valence-electron chi connectivity index (χ4n) is 3.94. The Balaban J connectivity index is 1.58. The van der Waals surface area contributed by atoms with Crippen LogP contribution in [0.25, 0.3) is 0 Å². The molecule has 1 atom stereocenters. The van der Waals surface area contributed by atoms with Gasteiger partial charge in [-0.2, -0.15) is 4.31 Å². The average molecular weight is 499 g/mol. The molecule has 3 aromatic rings. The van der Waals surface area contributed by atoms with Gasteiger partial charge in [0.1, 0.15) is 4.21 Å². The molecule has 2 heterocycles. The summed E-state index contributed by atoms with van der Waals surface area (Å²) < 4.78 is 27.9. The number of carbonyl (C=O) groups is 2. The number of sulfonamides is 1. The Kier molecular flexibility index (Phi) is 7.42. The van der Waals surface area contributed by atoms with Crippen LogP contribution >= 0.6 is 11.3 Å². The number of carbonyl (C=O) groups excluding carboxylic acids is 2. The quantitative estimate of drug-likeness (QED) is 0.493. The van der Waals surface area contributed by atoms with Gasteiger partial charge in [0.15, 0.2) is 6.17 Å². The minimum absolute atomic E-state index is 0.0432. The van der Waals surface area contributed by atoms with Crippen LogP contribution in [0.1, 0.15) is 16.7 Å². The van der Waals surface area contributed by atoms with Crippen LogP contribution in [0.5, 0.6) is 0 Å². The molecule has 2 aromatic carbocycles. The molecular formula is C24H26N4O4S2. The predicted molar refractivity (Wildman–Crippen MR) is 130 cm³/mol. The third-order valence-corrected chi connectivity index (χ3v) is 8.86. The van der Waals surface area contributed by atoms with Crippen molar-refractivity contribution in [3.05, 3.63) is 88.8 Å². The molecule has 34 heavy (non-hydrogen) atoms. The first-order valence-corrected chi connectivity index (χ1v) is 13.2. The standard InChI is InChI=1S/C24H26N4O4S2/c25-16-19-8-4-9-20(14-19)17-26-23(30)24-27(21(29)15-18-6-2-1-3-7-18)11-12-28(24)34(31,32)22-10-5-13-33-22/h1-10,13-14,24H,11-12,15-17,25H2,(H,26,30). The highest BCUT2D eigenvalue weighted by molar-refractivity contribution is 7.91. The zero-order chi connectivity index (χ0) is 24.1. The van der Waals surface area contributed by atoms with Gasteiger partial charge in [-0.05, 0) is 28.1 Å². The van der Waals surface area contributed by atoms with Crippen molar-refractivity contribution in [2.75, 3.05) is 13.1 Å². The van der Waals surface area contributed by atoms with Crippen molar-refractivity contribution in [3.8, 4) is 0 Å². The highest BCUT2D eigenvalue weighted by atomic mass is 32.2. The van der Waals surface area contributed by atoms with Crippen molar-refractivity contribution < 1.29 is 18.0 Å². The zero-order valence-electron chi connectivity index (χ0n) is 18.5. The van der Waals surface area contributed by atoms with Crippen LogP contribution < -0.4 is 11.1 Å². The smallest absolute Gasteiger partial charge is 0.259 e. The summed E-state index contributed by atoms with van der Waals surface area (Å²) in [6.07, 6.45) is -1.18. The highest BCUT2D eigenvalue weighted by Crippen LogP contribution is 2.28. The van der Waals surface area contributed by atoms with Crippen molar-refractivity contribution in [1.29, 1.82) is 0 Å². The number of amides is 2. The molecule has 0 spiro atoms. The van der Waals surface area contributed by atoms with Crippen molar-refractivity contribution in [1.82, 2.24) is 14.5 Å². The Bertz CT molecular complexity index is 1250. The van der Waals surface area contributed by atoms with Gasteiger partial charge < -0.3 is 16.0 Å². The monoisotopic (exact) mass is 498 g/mol. The van der Waals surface area contributed by atoms with E-state index in [0.29, 0.717) is 6.54 Å². The molecule has 4 rings (SSSR count). The van der Waals surface area contributed by atoms with Gasteiger partial charge in [0.25, 0.3) is 15.9 Å². The summed E-state index contributed by atoms with van der Waals surface area (Å²) in [7, 11) is -3.94. The molecule has 10 heteroatoms. The van der Waals surface area contributed by atoms with Gasteiger partial charge in [0.2, 0.25) is 5.91 Å². The molecule has 0 bridgehead atoms. The molecule has 0 radical (unpaired) electrons. The van der Waals surface area contributed by atoms with Gasteiger partial charge in [-0.1, -0.05) is 60.7 Å². The molecule has 1 saturated heterocycles. The maximum absolute atomic E-state index is 13.3. The van der Waals surface area contributed by atoms with Gasteiger partial charge >= 0.3 is 0 Å². The number of nitrogens with zero attached hydrogens (tertiary/aromatic N) is 2. The van der Waals surface area contributed by atoms with Gasteiger partial charge in [-0.15, -0.1) is 11.3 Å². The SMILES string of the molecule is NCc1cccc(CNC(=O)C2N(C(=O)Cc3ccccc3)CCN2S(=O)(=O)c2cccs2)c1. The first-order valence-electron chi connectivity index (χ1n) is 10.8. The van der Waals surface area contributed by atoms with E-state index in [-0.39, 0.29) is 36.2 Å². The van der Waals surface area contributed by atoms with Gasteiger partial charge in [0.05, 0.1) is 6.42 Å². The largest absolute Gasteiger partial charge is 0.349 e. The lowest BCUT2D eigenvalue weighted by Crippen LogP contribution is -2.53. The molecule has 0 aliphatic carbocycles. The van der Waals surface area contributed by atoms with E-state index in [1.807, 2.05) is 54.6 Å². The average Bonchev–Trinajstić information content (AvgIpc) is 3.55. The maximum Gasteiger partial charge on any atom is 0.259 e. The molecule has 1 fully saturated rings. The first-order chi connectivity index (χ1) is 16.4. The van der Waals surface area contributed by atoms with Crippen LogP contribution in [0.2, 0.25) is 0 Å². The Morgan fingerprint density at radius 1 is 0.971 bits per heavy atom. The van der Waals surface area contributed by atoms with Crippen molar-refractivity contribution in [3.63, 3.8) is 0 Å². The number of hydrogen-bond acceptors (Lipinski definition) is 6. The molecule has 2 amide bonds. The molecule has 1 aliphatic heterocycles. The molecular weight excluding hydrogens is 472 g/mol. The molecule has 3 N–H and O–H groups in total. The minimum Gasteiger partial charge on any atom is -0.349 e. The zero-order valence-corrected chi connectivity index (χ0v) is 20.1. The van der Waals surface area contributed by atoms with Crippen molar-refractivity contribution in [2.24, 2.45) is 5.73 Å². The second kappa shape index (κ2) is 10.5. The predicted octanol–water partition coefficient (Wildman–Crippen LogP) is 1.92. The van der Waals surface area contributed by atoms with Crippen molar-refractivity contribution >= 4 is 33.2 Å². The van der Waals surface area contributed by atoms with Crippen LogP contribution in [-0.2, 0) is 39.1 Å². The molecule has 178 valence electrons. The number of nitrogens with one attached hydrogen (secondary N) is 1. The molecule has 1 aromatic heterocycles. The normalized spacial score (nSPS) is 16.5. The highest BCUT2D eigenvalue weighted by Gasteiger charge is 2.46. The Hall–Kier alpha value is -3.05. The second-order valence-corrected chi connectivity index (χ2v) is 11.0. The number of nitrogens with two attached hydrogens (primary N) is 1. The third-order valence-electron chi connectivity index (χ3n) is 5.63. The van der Waals surface area contributed by atoms with E-state index in [2.05, 4.69) is 5.32 Å². The van der Waals surface area contributed by atoms with E-state index < -0.39 is 22.1 Å². The fourth-order valence-corrected chi connectivity index (χ4v) is 6.60. The van der Waals surface area contributed by atoms with E-state index in [4.69, 9.17) is 5.73 Å².